The van der Waals surface area contributed by atoms with Gasteiger partial charge in [0.25, 0.3) is 0 Å². The number of carbonyl (C=O) groups is 2. The molecule has 1 atom stereocenters. The Kier molecular flexibility index (Phi) is 6.14. The van der Waals surface area contributed by atoms with Gasteiger partial charge in [0, 0.05) is 6.54 Å². The van der Waals surface area contributed by atoms with E-state index in [2.05, 4.69) is 10.6 Å². The Morgan fingerprint density at radius 2 is 2.00 bits per heavy atom. The highest BCUT2D eigenvalue weighted by atomic mass is 19.1. The zero-order chi connectivity index (χ0) is 16.0. The van der Waals surface area contributed by atoms with Crippen molar-refractivity contribution in [2.24, 2.45) is 11.7 Å². The van der Waals surface area contributed by atoms with Gasteiger partial charge in [-0.1, -0.05) is 26.0 Å². The smallest absolute Gasteiger partial charge is 0.312 e. The number of primary amides is 1. The molecule has 1 aromatic rings. The van der Waals surface area contributed by atoms with Gasteiger partial charge in [0.05, 0.1) is 0 Å². The van der Waals surface area contributed by atoms with Crippen LogP contribution in [0.25, 0.3) is 0 Å². The molecule has 0 aromatic heterocycles. The van der Waals surface area contributed by atoms with Gasteiger partial charge in [-0.15, -0.1) is 0 Å². The van der Waals surface area contributed by atoms with E-state index in [0.717, 1.165) is 5.56 Å². The number of hydrogen-bond donors (Lipinski definition) is 3. The molecule has 0 spiro atoms. The fourth-order valence-electron chi connectivity index (χ4n) is 2.00. The van der Waals surface area contributed by atoms with Gasteiger partial charge >= 0.3 is 6.03 Å². The van der Waals surface area contributed by atoms with Crippen LogP contribution in [0.4, 0.5) is 9.18 Å². The summed E-state index contributed by atoms with van der Waals surface area (Å²) in [5.74, 6) is -0.344. The Hall–Kier alpha value is -2.11. The predicted octanol–water partition coefficient (Wildman–Crippen LogP) is 1.83. The highest BCUT2D eigenvalue weighted by Gasteiger charge is 2.20. The third-order valence-corrected chi connectivity index (χ3v) is 3.03. The minimum absolute atomic E-state index is 0.237. The molecule has 1 aromatic carbocycles. The fraction of sp³-hybridized carbons (Fsp3) is 0.467. The monoisotopic (exact) mass is 295 g/mol. The zero-order valence-corrected chi connectivity index (χ0v) is 12.6. The summed E-state index contributed by atoms with van der Waals surface area (Å²) in [6.07, 6.45) is 0.497. The summed E-state index contributed by atoms with van der Waals surface area (Å²) in [6, 6.07) is 3.26. The van der Waals surface area contributed by atoms with Crippen molar-refractivity contribution in [3.63, 3.8) is 0 Å². The number of urea groups is 1. The van der Waals surface area contributed by atoms with Crippen LogP contribution in [-0.2, 0) is 11.3 Å². The van der Waals surface area contributed by atoms with Gasteiger partial charge in [0.1, 0.15) is 11.9 Å². The van der Waals surface area contributed by atoms with Gasteiger partial charge < -0.3 is 16.4 Å². The van der Waals surface area contributed by atoms with Gasteiger partial charge in [0.2, 0.25) is 5.91 Å². The lowest BCUT2D eigenvalue weighted by atomic mass is 10.0. The standard InChI is InChI=1S/C15H22FN3O2/c1-9(2)6-13(19-15(17)21)14(20)18-8-11-4-5-12(16)10(3)7-11/h4-5,7,9,13H,6,8H2,1-3H3,(H,18,20)(H3,17,19,21). The van der Waals surface area contributed by atoms with Crippen molar-refractivity contribution in [1.82, 2.24) is 10.6 Å². The Balaban J connectivity index is 2.63. The summed E-state index contributed by atoms with van der Waals surface area (Å²) >= 11 is 0. The lowest BCUT2D eigenvalue weighted by molar-refractivity contribution is -0.123. The van der Waals surface area contributed by atoms with E-state index < -0.39 is 12.1 Å². The second-order valence-corrected chi connectivity index (χ2v) is 5.49. The Morgan fingerprint density at radius 3 is 2.52 bits per heavy atom. The predicted molar refractivity (Wildman–Crippen MR) is 78.9 cm³/mol. The number of hydrogen-bond acceptors (Lipinski definition) is 2. The molecule has 3 amide bonds. The highest BCUT2D eigenvalue weighted by molar-refractivity contribution is 5.86. The maximum atomic E-state index is 13.2. The van der Waals surface area contributed by atoms with Crippen LogP contribution in [0.3, 0.4) is 0 Å². The van der Waals surface area contributed by atoms with Crippen LogP contribution in [0, 0.1) is 18.7 Å². The van der Waals surface area contributed by atoms with Crippen molar-refractivity contribution >= 4 is 11.9 Å². The SMILES string of the molecule is Cc1cc(CNC(=O)C(CC(C)C)NC(N)=O)ccc1F. The molecule has 0 saturated carbocycles. The van der Waals surface area contributed by atoms with Crippen LogP contribution in [0.2, 0.25) is 0 Å². The molecular weight excluding hydrogens is 273 g/mol. The zero-order valence-electron chi connectivity index (χ0n) is 12.6. The van der Waals surface area contributed by atoms with Gasteiger partial charge in [0.15, 0.2) is 0 Å². The molecule has 0 heterocycles. The van der Waals surface area contributed by atoms with Crippen LogP contribution >= 0.6 is 0 Å². The maximum Gasteiger partial charge on any atom is 0.312 e. The van der Waals surface area contributed by atoms with E-state index in [4.69, 9.17) is 5.73 Å². The van der Waals surface area contributed by atoms with Crippen LogP contribution in [-0.4, -0.2) is 18.0 Å². The summed E-state index contributed by atoms with van der Waals surface area (Å²) in [5, 5.41) is 5.16. The first-order chi connectivity index (χ1) is 9.79. The van der Waals surface area contributed by atoms with Crippen molar-refractivity contribution in [1.29, 1.82) is 0 Å². The van der Waals surface area contributed by atoms with Gasteiger partial charge in [-0.3, -0.25) is 4.79 Å². The Morgan fingerprint density at radius 1 is 1.33 bits per heavy atom. The summed E-state index contributed by atoms with van der Waals surface area (Å²) in [5.41, 5.74) is 6.40. The summed E-state index contributed by atoms with van der Waals surface area (Å²) in [7, 11) is 0. The average molecular weight is 295 g/mol. The van der Waals surface area contributed by atoms with E-state index in [1.807, 2.05) is 13.8 Å². The molecule has 0 aliphatic carbocycles. The second-order valence-electron chi connectivity index (χ2n) is 5.49. The molecule has 1 unspecified atom stereocenters. The lowest BCUT2D eigenvalue weighted by Gasteiger charge is -2.19. The summed E-state index contributed by atoms with van der Waals surface area (Å²) < 4.78 is 13.2. The van der Waals surface area contributed by atoms with E-state index in [9.17, 15) is 14.0 Å². The van der Waals surface area contributed by atoms with E-state index in [1.54, 1.807) is 19.1 Å². The largest absolute Gasteiger partial charge is 0.352 e. The lowest BCUT2D eigenvalue weighted by Crippen LogP contribution is -2.49. The molecule has 5 nitrogen and oxygen atoms in total. The van der Waals surface area contributed by atoms with Crippen molar-refractivity contribution in [2.75, 3.05) is 0 Å². The second kappa shape index (κ2) is 7.61. The number of rotatable bonds is 6. The topological polar surface area (TPSA) is 84.2 Å². The number of benzene rings is 1. The number of nitrogens with one attached hydrogen (secondary N) is 2. The van der Waals surface area contributed by atoms with Gasteiger partial charge in [-0.05, 0) is 36.5 Å². The first-order valence-corrected chi connectivity index (χ1v) is 6.88. The van der Waals surface area contributed by atoms with Crippen molar-refractivity contribution in [3.05, 3.63) is 35.1 Å². The highest BCUT2D eigenvalue weighted by Crippen LogP contribution is 2.09. The van der Waals surface area contributed by atoms with Crippen LogP contribution < -0.4 is 16.4 Å². The minimum Gasteiger partial charge on any atom is -0.352 e. The quantitative estimate of drug-likeness (QED) is 0.748. The van der Waals surface area contributed by atoms with Crippen molar-refractivity contribution in [3.8, 4) is 0 Å². The minimum atomic E-state index is -0.728. The van der Waals surface area contributed by atoms with Gasteiger partial charge in [-0.25, -0.2) is 9.18 Å². The molecule has 6 heteroatoms. The first kappa shape index (κ1) is 16.9. The van der Waals surface area contributed by atoms with E-state index in [0.29, 0.717) is 12.0 Å². The van der Waals surface area contributed by atoms with Crippen LogP contribution in [0.1, 0.15) is 31.4 Å². The number of aryl methyl sites for hydroxylation is 1. The molecule has 21 heavy (non-hydrogen) atoms. The molecule has 1 rings (SSSR count). The average Bonchev–Trinajstić information content (AvgIpc) is 2.38. The Bertz CT molecular complexity index is 518. The Labute approximate surface area is 124 Å². The van der Waals surface area contributed by atoms with E-state index >= 15 is 0 Å². The molecule has 4 N–H and O–H groups in total. The fourth-order valence-corrected chi connectivity index (χ4v) is 2.00. The number of halogens is 1. The van der Waals surface area contributed by atoms with Gasteiger partial charge in [-0.2, -0.15) is 0 Å². The maximum absolute atomic E-state index is 13.2. The summed E-state index contributed by atoms with van der Waals surface area (Å²) in [6.45, 7) is 5.84. The summed E-state index contributed by atoms with van der Waals surface area (Å²) in [4.78, 5) is 23.0. The molecule has 0 aliphatic rings. The number of amides is 3. The van der Waals surface area contributed by atoms with Crippen molar-refractivity contribution in [2.45, 2.75) is 39.8 Å². The van der Waals surface area contributed by atoms with Crippen LogP contribution in [0.5, 0.6) is 0 Å². The molecule has 0 fully saturated rings. The molecular formula is C15H22FN3O2. The molecule has 0 bridgehead atoms. The molecule has 0 aliphatic heterocycles. The van der Waals surface area contributed by atoms with E-state index in [1.165, 1.54) is 6.07 Å². The molecule has 0 saturated heterocycles. The molecule has 0 radical (unpaired) electrons. The normalized spacial score (nSPS) is 12.0. The third kappa shape index (κ3) is 5.81. The number of carbonyl (C=O) groups excluding carboxylic acids is 2. The number of nitrogens with two attached hydrogens (primary N) is 1. The van der Waals surface area contributed by atoms with Crippen molar-refractivity contribution < 1.29 is 14.0 Å². The molecule has 116 valence electrons. The van der Waals surface area contributed by atoms with E-state index in [-0.39, 0.29) is 24.2 Å². The van der Waals surface area contributed by atoms with Crippen LogP contribution in [0.15, 0.2) is 18.2 Å². The third-order valence-electron chi connectivity index (χ3n) is 3.03. The first-order valence-electron chi connectivity index (χ1n) is 6.88.